The molecule has 3 saturated heterocycles. The zero-order chi connectivity index (χ0) is 18.2. The minimum Gasteiger partial charge on any atom is -0.444 e. The summed E-state index contributed by atoms with van der Waals surface area (Å²) in [6.07, 6.45) is 3.09. The lowest BCUT2D eigenvalue weighted by atomic mass is 9.86. The van der Waals surface area contributed by atoms with Crippen molar-refractivity contribution in [1.82, 2.24) is 9.80 Å². The van der Waals surface area contributed by atoms with Crippen LogP contribution in [-0.2, 0) is 11.2 Å². The van der Waals surface area contributed by atoms with Crippen molar-refractivity contribution in [3.8, 4) is 0 Å². The number of nitrogens with zero attached hydrogens (tertiary/aromatic N) is 2. The summed E-state index contributed by atoms with van der Waals surface area (Å²) in [4.78, 5) is 17.6. The molecule has 4 nitrogen and oxygen atoms in total. The number of hydrogen-bond acceptors (Lipinski definition) is 3. The summed E-state index contributed by atoms with van der Waals surface area (Å²) < 4.78 is 6.08. The molecule has 148 valence electrons. The molecule has 0 radical (unpaired) electrons. The molecule has 0 spiro atoms. The molecule has 28 heavy (non-hydrogen) atoms. The summed E-state index contributed by atoms with van der Waals surface area (Å²) in [5.41, 5.74) is 3.70. The van der Waals surface area contributed by atoms with Crippen molar-refractivity contribution in [2.45, 2.75) is 31.4 Å². The van der Waals surface area contributed by atoms with Gasteiger partial charge in [-0.1, -0.05) is 54.6 Å². The standard InChI is InChI=1S/C23H26N2O2.ClH/c26-23(27-21-16-24-13-10-18(21)11-14-24)25-15-12-17-6-4-5-9-20(17)22(25)19-7-2-1-3-8-19;/h1-9,18,21-22H,10-16H2;1H/t21?,22-;/m0./s1. The van der Waals surface area contributed by atoms with E-state index in [0.717, 1.165) is 44.5 Å². The van der Waals surface area contributed by atoms with Crippen LogP contribution in [0.2, 0.25) is 0 Å². The van der Waals surface area contributed by atoms with E-state index in [2.05, 4.69) is 41.3 Å². The van der Waals surface area contributed by atoms with Crippen LogP contribution in [-0.4, -0.2) is 48.2 Å². The third-order valence-corrected chi connectivity index (χ3v) is 6.48. The molecule has 1 amide bonds. The van der Waals surface area contributed by atoms with Crippen LogP contribution in [0.15, 0.2) is 54.6 Å². The number of fused-ring (bicyclic) bond motifs is 4. The molecule has 0 aliphatic carbocycles. The van der Waals surface area contributed by atoms with Gasteiger partial charge >= 0.3 is 6.09 Å². The van der Waals surface area contributed by atoms with E-state index >= 15 is 0 Å². The van der Waals surface area contributed by atoms with Crippen molar-refractivity contribution in [2.75, 3.05) is 26.2 Å². The first-order valence-corrected chi connectivity index (χ1v) is 10.1. The van der Waals surface area contributed by atoms with Gasteiger partial charge in [0.15, 0.2) is 0 Å². The van der Waals surface area contributed by atoms with Crippen molar-refractivity contribution in [1.29, 1.82) is 0 Å². The molecule has 2 atom stereocenters. The quantitative estimate of drug-likeness (QED) is 0.756. The van der Waals surface area contributed by atoms with E-state index in [0.29, 0.717) is 12.5 Å². The third-order valence-electron chi connectivity index (χ3n) is 6.48. The maximum Gasteiger partial charge on any atom is 0.410 e. The lowest BCUT2D eigenvalue weighted by Crippen LogP contribution is -2.53. The monoisotopic (exact) mass is 398 g/mol. The Bertz CT molecular complexity index is 820. The Hall–Kier alpha value is -2.04. The summed E-state index contributed by atoms with van der Waals surface area (Å²) in [6, 6.07) is 18.8. The van der Waals surface area contributed by atoms with Crippen LogP contribution in [0.3, 0.4) is 0 Å². The molecule has 1 unspecified atom stereocenters. The van der Waals surface area contributed by atoms with Gasteiger partial charge in [-0.05, 0) is 55.0 Å². The number of carbonyl (C=O) groups excluding carboxylic acids is 1. The van der Waals surface area contributed by atoms with E-state index in [4.69, 9.17) is 4.74 Å². The molecule has 0 N–H and O–H groups in total. The third kappa shape index (κ3) is 3.51. The van der Waals surface area contributed by atoms with Crippen molar-refractivity contribution in [3.63, 3.8) is 0 Å². The topological polar surface area (TPSA) is 32.8 Å². The van der Waals surface area contributed by atoms with E-state index in [1.807, 2.05) is 23.1 Å². The Morgan fingerprint density at radius 2 is 1.64 bits per heavy atom. The van der Waals surface area contributed by atoms with Gasteiger partial charge in [-0.15, -0.1) is 12.4 Å². The van der Waals surface area contributed by atoms with Gasteiger partial charge in [0.1, 0.15) is 6.10 Å². The second-order valence-corrected chi connectivity index (χ2v) is 8.02. The number of hydrogen-bond donors (Lipinski definition) is 0. The average Bonchev–Trinajstić information content (AvgIpc) is 2.74. The second-order valence-electron chi connectivity index (χ2n) is 8.02. The number of amides is 1. The number of halogens is 1. The van der Waals surface area contributed by atoms with Crippen molar-refractivity contribution in [2.24, 2.45) is 5.92 Å². The second kappa shape index (κ2) is 8.14. The minimum atomic E-state index is -0.155. The lowest BCUT2D eigenvalue weighted by Gasteiger charge is -2.45. The summed E-state index contributed by atoms with van der Waals surface area (Å²) in [6.45, 7) is 3.91. The summed E-state index contributed by atoms with van der Waals surface area (Å²) >= 11 is 0. The zero-order valence-corrected chi connectivity index (χ0v) is 16.8. The molecule has 5 heteroatoms. The van der Waals surface area contributed by atoms with Gasteiger partial charge in [-0.2, -0.15) is 0 Å². The number of rotatable bonds is 2. The number of piperidine rings is 3. The number of carbonyl (C=O) groups is 1. The van der Waals surface area contributed by atoms with Gasteiger partial charge < -0.3 is 4.74 Å². The highest BCUT2D eigenvalue weighted by Gasteiger charge is 2.39. The fourth-order valence-electron chi connectivity index (χ4n) is 5.00. The van der Waals surface area contributed by atoms with Gasteiger partial charge in [-0.3, -0.25) is 9.80 Å². The molecular weight excluding hydrogens is 372 g/mol. The largest absolute Gasteiger partial charge is 0.444 e. The van der Waals surface area contributed by atoms with E-state index < -0.39 is 0 Å². The van der Waals surface area contributed by atoms with Crippen molar-refractivity contribution >= 4 is 18.5 Å². The van der Waals surface area contributed by atoms with Crippen LogP contribution in [0.5, 0.6) is 0 Å². The summed E-state index contributed by atoms with van der Waals surface area (Å²) in [5, 5.41) is 0. The number of benzene rings is 2. The first-order valence-electron chi connectivity index (χ1n) is 10.1. The van der Waals surface area contributed by atoms with Crippen LogP contribution < -0.4 is 0 Å². The maximum atomic E-state index is 13.2. The molecule has 4 aliphatic rings. The van der Waals surface area contributed by atoms with Gasteiger partial charge in [0.25, 0.3) is 0 Å². The highest BCUT2D eigenvalue weighted by Crippen LogP contribution is 2.36. The average molecular weight is 399 g/mol. The summed E-state index contributed by atoms with van der Waals surface area (Å²) in [5.74, 6) is 0.534. The first kappa shape index (κ1) is 19.3. The van der Waals surface area contributed by atoms with Gasteiger partial charge in [0.2, 0.25) is 0 Å². The predicted octanol–water partition coefficient (Wildman–Crippen LogP) is 4.29. The smallest absolute Gasteiger partial charge is 0.410 e. The Morgan fingerprint density at radius 1 is 0.929 bits per heavy atom. The van der Waals surface area contributed by atoms with Gasteiger partial charge in [0.05, 0.1) is 6.04 Å². The molecule has 4 heterocycles. The van der Waals surface area contributed by atoms with Gasteiger partial charge in [0, 0.05) is 13.1 Å². The van der Waals surface area contributed by atoms with E-state index in [-0.39, 0.29) is 30.6 Å². The van der Waals surface area contributed by atoms with Crippen molar-refractivity contribution in [3.05, 3.63) is 71.3 Å². The normalized spacial score (nSPS) is 28.2. The molecule has 0 aromatic heterocycles. The van der Waals surface area contributed by atoms with Crippen LogP contribution in [0.1, 0.15) is 35.6 Å². The van der Waals surface area contributed by atoms with Crippen LogP contribution in [0.4, 0.5) is 4.79 Å². The SMILES string of the molecule is Cl.O=C(OC1CN2CCC1CC2)N1CCc2ccccc2[C@@H]1c1ccccc1. The zero-order valence-electron chi connectivity index (χ0n) is 16.0. The predicted molar refractivity (Wildman–Crippen MR) is 112 cm³/mol. The molecule has 0 saturated carbocycles. The molecule has 4 aliphatic heterocycles. The Labute approximate surface area is 172 Å². The molecule has 2 aromatic carbocycles. The molecule has 2 aromatic rings. The fourth-order valence-corrected chi connectivity index (χ4v) is 5.00. The Morgan fingerprint density at radius 3 is 2.36 bits per heavy atom. The summed E-state index contributed by atoms with van der Waals surface area (Å²) in [7, 11) is 0. The van der Waals surface area contributed by atoms with Crippen LogP contribution >= 0.6 is 12.4 Å². The van der Waals surface area contributed by atoms with Crippen LogP contribution in [0.25, 0.3) is 0 Å². The van der Waals surface area contributed by atoms with E-state index in [9.17, 15) is 4.79 Å². The molecule has 6 rings (SSSR count). The van der Waals surface area contributed by atoms with Crippen molar-refractivity contribution < 1.29 is 9.53 Å². The van der Waals surface area contributed by atoms with E-state index in [1.54, 1.807) is 0 Å². The molecule has 2 bridgehead atoms. The maximum absolute atomic E-state index is 13.2. The highest BCUT2D eigenvalue weighted by molar-refractivity contribution is 5.85. The lowest BCUT2D eigenvalue weighted by molar-refractivity contribution is -0.0462. The Kier molecular flexibility index (Phi) is 5.61. The van der Waals surface area contributed by atoms with Gasteiger partial charge in [-0.25, -0.2) is 4.79 Å². The molecule has 3 fully saturated rings. The highest BCUT2D eigenvalue weighted by atomic mass is 35.5. The number of ether oxygens (including phenoxy) is 1. The van der Waals surface area contributed by atoms with Crippen LogP contribution in [0, 0.1) is 5.92 Å². The van der Waals surface area contributed by atoms with E-state index in [1.165, 1.54) is 11.1 Å². The fraction of sp³-hybridized carbons (Fsp3) is 0.435. The Balaban J connectivity index is 0.00000192. The first-order chi connectivity index (χ1) is 13.3. The minimum absolute atomic E-state index is 0. The molecular formula is C23H27ClN2O2.